The summed E-state index contributed by atoms with van der Waals surface area (Å²) in [5.74, 6) is -1.50. The first-order chi connectivity index (χ1) is 11.8. The third-order valence-corrected chi connectivity index (χ3v) is 3.64. The standard InChI is InChI=1S/C16H17N3O6/c1-18-11-6-5-9(7-12(11)19(2)15(22)14(18)21)17-10(16(23)25-4)8-13(20)24-3/h5-8,17H,1-4H3/b10-8+. The molecular weight excluding hydrogens is 330 g/mol. The Labute approximate surface area is 142 Å². The van der Waals surface area contributed by atoms with E-state index in [-0.39, 0.29) is 5.70 Å². The molecule has 9 heteroatoms. The van der Waals surface area contributed by atoms with Gasteiger partial charge in [-0.25, -0.2) is 9.59 Å². The zero-order valence-electron chi connectivity index (χ0n) is 14.2. The maximum atomic E-state index is 11.9. The fourth-order valence-electron chi connectivity index (χ4n) is 2.25. The summed E-state index contributed by atoms with van der Waals surface area (Å²) in [6, 6.07) is 4.79. The molecule has 2 rings (SSSR count). The fraction of sp³-hybridized carbons (Fsp3) is 0.250. The minimum Gasteiger partial charge on any atom is -0.466 e. The van der Waals surface area contributed by atoms with Crippen LogP contribution in [0, 0.1) is 0 Å². The van der Waals surface area contributed by atoms with Gasteiger partial charge in [-0.05, 0) is 18.2 Å². The Balaban J connectivity index is 2.56. The van der Waals surface area contributed by atoms with E-state index in [1.807, 2.05) is 0 Å². The maximum absolute atomic E-state index is 11.9. The molecule has 0 saturated heterocycles. The Hall–Kier alpha value is -3.36. The van der Waals surface area contributed by atoms with Gasteiger partial charge in [0.25, 0.3) is 0 Å². The largest absolute Gasteiger partial charge is 0.466 e. The van der Waals surface area contributed by atoms with Crippen molar-refractivity contribution in [3.8, 4) is 0 Å². The number of anilines is 1. The summed E-state index contributed by atoms with van der Waals surface area (Å²) in [4.78, 5) is 47.0. The number of fused-ring (bicyclic) bond motifs is 1. The zero-order valence-corrected chi connectivity index (χ0v) is 14.2. The lowest BCUT2D eigenvalue weighted by Crippen LogP contribution is -2.39. The van der Waals surface area contributed by atoms with E-state index in [2.05, 4.69) is 14.8 Å². The highest BCUT2D eigenvalue weighted by atomic mass is 16.5. The lowest BCUT2D eigenvalue weighted by atomic mass is 10.2. The van der Waals surface area contributed by atoms with Crippen LogP contribution in [0.2, 0.25) is 0 Å². The molecule has 9 nitrogen and oxygen atoms in total. The van der Waals surface area contributed by atoms with Crippen molar-refractivity contribution in [2.75, 3.05) is 19.5 Å². The quantitative estimate of drug-likeness (QED) is 0.466. The summed E-state index contributed by atoms with van der Waals surface area (Å²) in [6.45, 7) is 0. The number of methoxy groups -OCH3 is 2. The molecule has 0 radical (unpaired) electrons. The highest BCUT2D eigenvalue weighted by molar-refractivity contribution is 5.99. The smallest absolute Gasteiger partial charge is 0.354 e. The summed E-state index contributed by atoms with van der Waals surface area (Å²) < 4.78 is 11.6. The Morgan fingerprint density at radius 3 is 2.16 bits per heavy atom. The predicted octanol–water partition coefficient (Wildman–Crippen LogP) is -0.121. The van der Waals surface area contributed by atoms with Gasteiger partial charge in [0.15, 0.2) is 0 Å². The number of benzene rings is 1. The Morgan fingerprint density at radius 1 is 1.00 bits per heavy atom. The molecule has 132 valence electrons. The normalized spacial score (nSPS) is 11.3. The van der Waals surface area contributed by atoms with E-state index in [0.717, 1.165) is 6.08 Å². The van der Waals surface area contributed by atoms with Crippen molar-refractivity contribution in [3.05, 3.63) is 50.7 Å². The molecule has 0 aliphatic heterocycles. The number of aromatic nitrogens is 2. The van der Waals surface area contributed by atoms with Crippen LogP contribution in [0.5, 0.6) is 0 Å². The van der Waals surface area contributed by atoms with Crippen LogP contribution in [0.4, 0.5) is 5.69 Å². The molecule has 0 saturated carbocycles. The lowest BCUT2D eigenvalue weighted by Gasteiger charge is -2.13. The average Bonchev–Trinajstić information content (AvgIpc) is 2.63. The van der Waals surface area contributed by atoms with Crippen molar-refractivity contribution in [1.29, 1.82) is 0 Å². The Morgan fingerprint density at radius 2 is 1.60 bits per heavy atom. The molecular formula is C16H17N3O6. The minimum atomic E-state index is -0.764. The lowest BCUT2D eigenvalue weighted by molar-refractivity contribution is -0.138. The van der Waals surface area contributed by atoms with Crippen LogP contribution < -0.4 is 16.4 Å². The van der Waals surface area contributed by atoms with Gasteiger partial charge in [0.2, 0.25) is 0 Å². The highest BCUT2D eigenvalue weighted by Crippen LogP contribution is 2.18. The molecule has 0 aliphatic rings. The monoisotopic (exact) mass is 347 g/mol. The Kier molecular flexibility index (Phi) is 5.06. The van der Waals surface area contributed by atoms with Crippen LogP contribution in [-0.4, -0.2) is 35.3 Å². The number of esters is 2. The first-order valence-corrected chi connectivity index (χ1v) is 7.15. The number of hydrogen-bond acceptors (Lipinski definition) is 7. The van der Waals surface area contributed by atoms with Crippen molar-refractivity contribution in [1.82, 2.24) is 9.13 Å². The molecule has 0 unspecified atom stereocenters. The van der Waals surface area contributed by atoms with Crippen molar-refractivity contribution >= 4 is 28.7 Å². The summed E-state index contributed by atoms with van der Waals surface area (Å²) in [5.41, 5.74) is -0.0270. The van der Waals surface area contributed by atoms with Gasteiger partial charge in [0.1, 0.15) is 5.70 Å². The molecule has 0 bridgehead atoms. The van der Waals surface area contributed by atoms with Gasteiger partial charge in [-0.1, -0.05) is 0 Å². The SMILES string of the molecule is COC(=O)/C=C(/Nc1ccc2c(c1)n(C)c(=O)c(=O)n2C)C(=O)OC. The minimum absolute atomic E-state index is 0.136. The zero-order chi connectivity index (χ0) is 18.7. The predicted molar refractivity (Wildman–Crippen MR) is 90.2 cm³/mol. The highest BCUT2D eigenvalue weighted by Gasteiger charge is 2.14. The molecule has 1 heterocycles. The summed E-state index contributed by atoms with van der Waals surface area (Å²) in [6.07, 6.45) is 0.954. The number of nitrogens with one attached hydrogen (secondary N) is 1. The molecule has 0 aliphatic carbocycles. The van der Waals surface area contributed by atoms with E-state index in [1.165, 1.54) is 37.4 Å². The van der Waals surface area contributed by atoms with E-state index in [9.17, 15) is 19.2 Å². The van der Waals surface area contributed by atoms with Crippen LogP contribution in [0.15, 0.2) is 39.6 Å². The number of ether oxygens (including phenoxy) is 2. The van der Waals surface area contributed by atoms with Crippen LogP contribution in [-0.2, 0) is 33.2 Å². The van der Waals surface area contributed by atoms with E-state index < -0.39 is 23.1 Å². The first-order valence-electron chi connectivity index (χ1n) is 7.15. The third kappa shape index (κ3) is 3.44. The van der Waals surface area contributed by atoms with Crippen molar-refractivity contribution in [3.63, 3.8) is 0 Å². The van der Waals surface area contributed by atoms with Gasteiger partial charge in [0, 0.05) is 19.8 Å². The van der Waals surface area contributed by atoms with Crippen molar-refractivity contribution in [2.45, 2.75) is 0 Å². The number of nitrogens with zero attached hydrogens (tertiary/aromatic N) is 2. The van der Waals surface area contributed by atoms with E-state index in [0.29, 0.717) is 16.7 Å². The molecule has 1 N–H and O–H groups in total. The number of aryl methyl sites for hydroxylation is 2. The van der Waals surface area contributed by atoms with Gasteiger partial charge in [-0.15, -0.1) is 0 Å². The summed E-state index contributed by atoms with van der Waals surface area (Å²) >= 11 is 0. The van der Waals surface area contributed by atoms with Crippen LogP contribution in [0.3, 0.4) is 0 Å². The topological polar surface area (TPSA) is 109 Å². The van der Waals surface area contributed by atoms with Gasteiger partial charge in [0.05, 0.1) is 31.3 Å². The Bertz CT molecular complexity index is 999. The molecule has 0 amide bonds. The number of carbonyl (C=O) groups excluding carboxylic acids is 2. The molecule has 2 aromatic rings. The fourth-order valence-corrected chi connectivity index (χ4v) is 2.25. The van der Waals surface area contributed by atoms with Gasteiger partial charge in [-0.2, -0.15) is 0 Å². The van der Waals surface area contributed by atoms with Gasteiger partial charge in [-0.3, -0.25) is 9.59 Å². The van der Waals surface area contributed by atoms with Crippen LogP contribution in [0.1, 0.15) is 0 Å². The summed E-state index contributed by atoms with van der Waals surface area (Å²) in [5, 5.41) is 2.75. The van der Waals surface area contributed by atoms with Gasteiger partial charge < -0.3 is 23.9 Å². The van der Waals surface area contributed by atoms with Gasteiger partial charge >= 0.3 is 23.1 Å². The molecule has 0 spiro atoms. The second-order valence-electron chi connectivity index (χ2n) is 5.13. The molecule has 1 aromatic carbocycles. The second kappa shape index (κ2) is 7.04. The maximum Gasteiger partial charge on any atom is 0.354 e. The average molecular weight is 347 g/mol. The first kappa shape index (κ1) is 18.0. The third-order valence-electron chi connectivity index (χ3n) is 3.64. The van der Waals surface area contributed by atoms with E-state index in [1.54, 1.807) is 18.2 Å². The molecule has 25 heavy (non-hydrogen) atoms. The number of hydrogen-bond donors (Lipinski definition) is 1. The molecule has 1 aromatic heterocycles. The van der Waals surface area contributed by atoms with E-state index >= 15 is 0 Å². The summed E-state index contributed by atoms with van der Waals surface area (Å²) in [7, 11) is 5.33. The van der Waals surface area contributed by atoms with Crippen LogP contribution in [0.25, 0.3) is 11.0 Å². The molecule has 0 atom stereocenters. The van der Waals surface area contributed by atoms with Crippen LogP contribution >= 0.6 is 0 Å². The van der Waals surface area contributed by atoms with Crippen molar-refractivity contribution < 1.29 is 19.1 Å². The number of carbonyl (C=O) groups is 2. The number of rotatable bonds is 4. The van der Waals surface area contributed by atoms with E-state index in [4.69, 9.17) is 0 Å². The molecule has 0 fully saturated rings. The van der Waals surface area contributed by atoms with Crippen molar-refractivity contribution in [2.24, 2.45) is 14.1 Å². The second-order valence-corrected chi connectivity index (χ2v) is 5.13.